The summed E-state index contributed by atoms with van der Waals surface area (Å²) in [6, 6.07) is 0. The molecule has 0 radical (unpaired) electrons. The van der Waals surface area contributed by atoms with E-state index in [2.05, 4.69) is 33.9 Å². The van der Waals surface area contributed by atoms with Crippen LogP contribution in [0.15, 0.2) is 0 Å². The highest BCUT2D eigenvalue weighted by Crippen LogP contribution is 2.45. The van der Waals surface area contributed by atoms with E-state index in [0.29, 0.717) is 12.5 Å². The number of fused-ring (bicyclic) bond motifs is 1. The Bertz CT molecular complexity index is 375. The van der Waals surface area contributed by atoms with Gasteiger partial charge in [0.25, 0.3) is 0 Å². The van der Waals surface area contributed by atoms with Gasteiger partial charge < -0.3 is 19.0 Å². The third kappa shape index (κ3) is 3.53. The van der Waals surface area contributed by atoms with Crippen molar-refractivity contribution in [3.8, 4) is 0 Å². The van der Waals surface area contributed by atoms with Crippen molar-refractivity contribution in [1.29, 1.82) is 0 Å². The highest BCUT2D eigenvalue weighted by molar-refractivity contribution is 6.74. The first kappa shape index (κ1) is 17.4. The van der Waals surface area contributed by atoms with E-state index in [9.17, 15) is 5.11 Å². The van der Waals surface area contributed by atoms with Crippen LogP contribution in [0, 0.1) is 11.8 Å². The van der Waals surface area contributed by atoms with Crippen molar-refractivity contribution < 1.29 is 19.0 Å². The van der Waals surface area contributed by atoms with Crippen LogP contribution in [0.1, 0.15) is 41.0 Å². The van der Waals surface area contributed by atoms with Gasteiger partial charge in [-0.05, 0) is 38.4 Å². The Morgan fingerprint density at radius 2 is 1.67 bits per heavy atom. The Kier molecular flexibility index (Phi) is 4.65. The van der Waals surface area contributed by atoms with E-state index in [4.69, 9.17) is 13.9 Å². The maximum Gasteiger partial charge on any atom is 0.191 e. The zero-order valence-electron chi connectivity index (χ0n) is 14.6. The van der Waals surface area contributed by atoms with E-state index in [0.717, 1.165) is 6.42 Å². The Morgan fingerprint density at radius 1 is 1.14 bits per heavy atom. The van der Waals surface area contributed by atoms with Gasteiger partial charge in [0.1, 0.15) is 0 Å². The van der Waals surface area contributed by atoms with E-state index in [1.165, 1.54) is 0 Å². The molecule has 21 heavy (non-hydrogen) atoms. The minimum absolute atomic E-state index is 0.0121. The molecule has 0 amide bonds. The molecule has 1 aliphatic carbocycles. The molecule has 1 saturated heterocycles. The molecule has 1 aliphatic heterocycles. The zero-order chi connectivity index (χ0) is 16.1. The van der Waals surface area contributed by atoms with Gasteiger partial charge in [-0.15, -0.1) is 0 Å². The lowest BCUT2D eigenvalue weighted by Crippen LogP contribution is -2.43. The van der Waals surface area contributed by atoms with Gasteiger partial charge in [0.2, 0.25) is 0 Å². The van der Waals surface area contributed by atoms with Crippen LogP contribution < -0.4 is 0 Å². The summed E-state index contributed by atoms with van der Waals surface area (Å²) >= 11 is 0. The summed E-state index contributed by atoms with van der Waals surface area (Å²) in [5, 5.41) is 9.81. The van der Waals surface area contributed by atoms with Crippen LogP contribution in [0.3, 0.4) is 0 Å². The van der Waals surface area contributed by atoms with Crippen LogP contribution in [-0.2, 0) is 13.9 Å². The Morgan fingerprint density at radius 3 is 2.14 bits per heavy atom. The second kappa shape index (κ2) is 5.60. The largest absolute Gasteiger partial charge is 0.416 e. The maximum atomic E-state index is 9.59. The molecular weight excluding hydrogens is 284 g/mol. The summed E-state index contributed by atoms with van der Waals surface area (Å²) in [4.78, 5) is 0. The second-order valence-corrected chi connectivity index (χ2v) is 13.4. The molecule has 0 unspecified atom stereocenters. The molecule has 5 heteroatoms. The van der Waals surface area contributed by atoms with Crippen molar-refractivity contribution in [3.05, 3.63) is 0 Å². The third-order valence-electron chi connectivity index (χ3n) is 5.40. The average molecular weight is 317 g/mol. The minimum Gasteiger partial charge on any atom is -0.416 e. The zero-order valence-corrected chi connectivity index (χ0v) is 15.6. The van der Waals surface area contributed by atoms with Crippen LogP contribution in [-0.4, -0.2) is 44.6 Å². The van der Waals surface area contributed by atoms with Crippen LogP contribution in [0.25, 0.3) is 0 Å². The van der Waals surface area contributed by atoms with Crippen LogP contribution in [0.4, 0.5) is 0 Å². The van der Waals surface area contributed by atoms with Gasteiger partial charge in [-0.2, -0.15) is 0 Å². The number of hydrogen-bond acceptors (Lipinski definition) is 4. The molecule has 4 nitrogen and oxygen atoms in total. The Hall–Kier alpha value is 0.0569. The molecule has 2 fully saturated rings. The van der Waals surface area contributed by atoms with E-state index >= 15 is 0 Å². The molecule has 2 aliphatic rings. The molecular formula is C16H32O4Si. The summed E-state index contributed by atoms with van der Waals surface area (Å²) in [7, 11) is -1.74. The van der Waals surface area contributed by atoms with Crippen molar-refractivity contribution in [1.82, 2.24) is 0 Å². The van der Waals surface area contributed by atoms with Gasteiger partial charge in [-0.25, -0.2) is 0 Å². The molecule has 0 bridgehead atoms. The smallest absolute Gasteiger partial charge is 0.191 e. The predicted octanol–water partition coefficient (Wildman–Crippen LogP) is 3.16. The predicted molar refractivity (Wildman–Crippen MR) is 85.7 cm³/mol. The fourth-order valence-corrected chi connectivity index (χ4v) is 4.14. The van der Waals surface area contributed by atoms with E-state index < -0.39 is 14.1 Å². The van der Waals surface area contributed by atoms with E-state index in [-0.39, 0.29) is 29.8 Å². The summed E-state index contributed by atoms with van der Waals surface area (Å²) in [6.07, 6.45) is 0.997. The minimum atomic E-state index is -1.74. The van der Waals surface area contributed by atoms with Gasteiger partial charge in [0, 0.05) is 25.0 Å². The molecule has 1 heterocycles. The summed E-state index contributed by atoms with van der Waals surface area (Å²) in [5.41, 5.74) is 0. The second-order valence-electron chi connectivity index (χ2n) is 8.57. The van der Waals surface area contributed by atoms with Gasteiger partial charge in [0.05, 0.1) is 12.2 Å². The van der Waals surface area contributed by atoms with Gasteiger partial charge >= 0.3 is 0 Å². The molecule has 1 N–H and O–H groups in total. The molecule has 0 spiro atoms. The van der Waals surface area contributed by atoms with Gasteiger partial charge in [-0.1, -0.05) is 20.8 Å². The van der Waals surface area contributed by atoms with Gasteiger partial charge in [-0.3, -0.25) is 0 Å². The number of ether oxygens (including phenoxy) is 2. The molecule has 4 atom stereocenters. The number of hydrogen-bond donors (Lipinski definition) is 1. The SMILES string of the molecule is CC1(C)O[C@@H]2[C@@H](CO[Si](C)(C)C(C)(C)C)C[C@@H](CO)[C@@H]2O1. The summed E-state index contributed by atoms with van der Waals surface area (Å²) in [6.45, 7) is 16.1. The highest BCUT2D eigenvalue weighted by Gasteiger charge is 2.54. The molecule has 2 rings (SSSR count). The normalized spacial score (nSPS) is 36.0. The lowest BCUT2D eigenvalue weighted by Gasteiger charge is -2.37. The molecule has 0 aromatic heterocycles. The number of rotatable bonds is 4. The fraction of sp³-hybridized carbons (Fsp3) is 1.00. The van der Waals surface area contributed by atoms with Gasteiger partial charge in [0.15, 0.2) is 14.1 Å². The van der Waals surface area contributed by atoms with Crippen molar-refractivity contribution in [2.24, 2.45) is 11.8 Å². The molecule has 0 aromatic rings. The highest BCUT2D eigenvalue weighted by atomic mass is 28.4. The van der Waals surface area contributed by atoms with Crippen LogP contribution in [0.2, 0.25) is 18.1 Å². The van der Waals surface area contributed by atoms with Crippen molar-refractivity contribution >= 4 is 8.32 Å². The van der Waals surface area contributed by atoms with E-state index in [1.54, 1.807) is 0 Å². The third-order valence-corrected chi connectivity index (χ3v) is 9.90. The quantitative estimate of drug-likeness (QED) is 0.809. The first-order chi connectivity index (χ1) is 9.47. The first-order valence-corrected chi connectivity index (χ1v) is 11.0. The maximum absolute atomic E-state index is 9.59. The number of aliphatic hydroxyl groups is 1. The van der Waals surface area contributed by atoms with Crippen molar-refractivity contribution in [2.45, 2.75) is 77.2 Å². The molecule has 1 saturated carbocycles. The molecule has 124 valence electrons. The van der Waals surface area contributed by atoms with Crippen molar-refractivity contribution in [3.63, 3.8) is 0 Å². The lowest BCUT2D eigenvalue weighted by molar-refractivity contribution is -0.163. The number of aliphatic hydroxyl groups excluding tert-OH is 1. The van der Waals surface area contributed by atoms with Crippen LogP contribution >= 0.6 is 0 Å². The summed E-state index contributed by atoms with van der Waals surface area (Å²) in [5.74, 6) is -0.0499. The Balaban J connectivity index is 2.01. The lowest BCUT2D eigenvalue weighted by atomic mass is 10.1. The monoisotopic (exact) mass is 316 g/mol. The average Bonchev–Trinajstić information content (AvgIpc) is 2.78. The topological polar surface area (TPSA) is 47.9 Å². The van der Waals surface area contributed by atoms with Crippen LogP contribution in [0.5, 0.6) is 0 Å². The fourth-order valence-electron chi connectivity index (χ4n) is 3.08. The standard InChI is InChI=1S/C16H32O4Si/c1-15(2,3)21(6,7)18-10-12-8-11(9-17)13-14(12)20-16(4,5)19-13/h11-14,17H,8-10H2,1-7H3/t11-,12+,13-,14+/m0/s1. The first-order valence-electron chi connectivity index (χ1n) is 8.07. The molecule has 0 aromatic carbocycles. The van der Waals surface area contributed by atoms with E-state index in [1.807, 2.05) is 13.8 Å². The Labute approximate surface area is 130 Å². The van der Waals surface area contributed by atoms with Crippen molar-refractivity contribution in [2.75, 3.05) is 13.2 Å². The summed E-state index contributed by atoms with van der Waals surface area (Å²) < 4.78 is 18.4.